The molecule has 1 aliphatic carbocycles. The van der Waals surface area contributed by atoms with Crippen LogP contribution in [0.4, 0.5) is 0 Å². The van der Waals surface area contributed by atoms with Gasteiger partial charge in [-0.2, -0.15) is 0 Å². The first-order valence-corrected chi connectivity index (χ1v) is 27.3. The van der Waals surface area contributed by atoms with E-state index >= 15 is 0 Å². The molecule has 0 radical (unpaired) electrons. The van der Waals surface area contributed by atoms with Gasteiger partial charge in [0.25, 0.3) is 0 Å². The van der Waals surface area contributed by atoms with E-state index in [-0.39, 0.29) is 58.3 Å². The zero-order valence-electron chi connectivity index (χ0n) is 43.6. The van der Waals surface area contributed by atoms with Crippen molar-refractivity contribution >= 4 is 34.8 Å². The number of epoxide rings is 3. The van der Waals surface area contributed by atoms with Crippen molar-refractivity contribution in [3.8, 4) is 28.7 Å². The third-order valence-corrected chi connectivity index (χ3v) is 16.4. The molecule has 5 atom stereocenters. The van der Waals surface area contributed by atoms with Gasteiger partial charge in [-0.05, 0) is 125 Å². The minimum absolute atomic E-state index is 0.0125. The van der Waals surface area contributed by atoms with E-state index in [1.54, 1.807) is 24.3 Å². The molecule has 1 saturated carbocycles. The number of aliphatic hydroxyl groups excluding tert-OH is 1. The Balaban J connectivity index is 0.000000158. The molecule has 0 bridgehead atoms. The first-order chi connectivity index (χ1) is 35.3. The minimum atomic E-state index is -0.865. The largest absolute Gasteiger partial charge is 0.508 e. The van der Waals surface area contributed by atoms with Crippen molar-refractivity contribution in [1.82, 2.24) is 0 Å². The first kappa shape index (κ1) is 57.4. The van der Waals surface area contributed by atoms with Crippen molar-refractivity contribution in [2.45, 2.75) is 119 Å². The smallest absolute Gasteiger partial charge is 0.130 e. The highest BCUT2D eigenvalue weighted by molar-refractivity contribution is 6.19. The number of alkyl halides is 3. The van der Waals surface area contributed by atoms with E-state index in [1.807, 2.05) is 60.7 Å². The highest BCUT2D eigenvalue weighted by Gasteiger charge is 2.61. The Kier molecular flexibility index (Phi) is 19.6. The first-order valence-electron chi connectivity index (χ1n) is 25.7. The summed E-state index contributed by atoms with van der Waals surface area (Å²) in [6.45, 7) is 17.6. The van der Waals surface area contributed by atoms with Crippen molar-refractivity contribution in [3.63, 3.8) is 0 Å². The Morgan fingerprint density at radius 2 is 0.919 bits per heavy atom. The van der Waals surface area contributed by atoms with E-state index < -0.39 is 17.3 Å². The lowest BCUT2D eigenvalue weighted by Gasteiger charge is -2.58. The van der Waals surface area contributed by atoms with E-state index in [0.29, 0.717) is 37.7 Å². The predicted molar refractivity (Wildman–Crippen MR) is 292 cm³/mol. The molecule has 402 valence electrons. The van der Waals surface area contributed by atoms with Gasteiger partial charge in [-0.25, -0.2) is 0 Å². The van der Waals surface area contributed by atoms with E-state index in [0.717, 1.165) is 73.9 Å². The van der Waals surface area contributed by atoms with Crippen LogP contribution in [-0.4, -0.2) is 120 Å². The van der Waals surface area contributed by atoms with Crippen LogP contribution in [0.2, 0.25) is 0 Å². The summed E-state index contributed by atoms with van der Waals surface area (Å²) in [5, 5.41) is 38.7. The number of ether oxygens (including phenoxy) is 7. The zero-order chi connectivity index (χ0) is 53.2. The van der Waals surface area contributed by atoms with Gasteiger partial charge in [0.05, 0.1) is 50.2 Å². The van der Waals surface area contributed by atoms with Crippen LogP contribution >= 0.6 is 34.8 Å². The summed E-state index contributed by atoms with van der Waals surface area (Å²) in [4.78, 5) is 0. The topological polar surface area (TPSA) is 155 Å². The van der Waals surface area contributed by atoms with Crippen molar-refractivity contribution in [1.29, 1.82) is 0 Å². The molecule has 11 nitrogen and oxygen atoms in total. The Labute approximate surface area is 452 Å². The molecule has 1 spiro atoms. The van der Waals surface area contributed by atoms with Crippen molar-refractivity contribution < 1.29 is 53.6 Å². The fraction of sp³-hybridized carbons (Fsp3) is 0.500. The molecule has 74 heavy (non-hydrogen) atoms. The average molecular weight is 1080 g/mol. The number of benzene rings is 5. The van der Waals surface area contributed by atoms with Crippen LogP contribution in [0.15, 0.2) is 121 Å². The van der Waals surface area contributed by atoms with E-state index in [9.17, 15) is 20.4 Å². The number of hydrogen-bond acceptors (Lipinski definition) is 11. The number of phenols is 2. The summed E-state index contributed by atoms with van der Waals surface area (Å²) in [7, 11) is 0. The van der Waals surface area contributed by atoms with Gasteiger partial charge in [0.15, 0.2) is 0 Å². The molecule has 5 aromatic carbocycles. The molecule has 0 aromatic heterocycles. The normalized spacial score (nSPS) is 24.0. The molecule has 5 aliphatic rings. The fourth-order valence-corrected chi connectivity index (χ4v) is 9.95. The lowest BCUT2D eigenvalue weighted by Crippen LogP contribution is -2.71. The second-order valence-electron chi connectivity index (χ2n) is 21.6. The van der Waals surface area contributed by atoms with E-state index in [1.165, 1.54) is 16.7 Å². The Morgan fingerprint density at radius 1 is 0.554 bits per heavy atom. The van der Waals surface area contributed by atoms with Crippen molar-refractivity contribution in [3.05, 3.63) is 149 Å². The summed E-state index contributed by atoms with van der Waals surface area (Å²) >= 11 is 16.9. The molecule has 4 aliphatic heterocycles. The molecular weight excluding hydrogens is 1000 g/mol. The lowest BCUT2D eigenvalue weighted by molar-refractivity contribution is -0.308. The minimum Gasteiger partial charge on any atom is -0.508 e. The monoisotopic (exact) mass is 1080 g/mol. The summed E-state index contributed by atoms with van der Waals surface area (Å²) in [5.74, 6) is 4.64. The van der Waals surface area contributed by atoms with Gasteiger partial charge in [-0.15, -0.1) is 34.8 Å². The standard InChI is InChI=1S/C21H30Cl2O4.C21H24O4.C15H16O2.C3H5ClO/c1-19(2,15-3-5-18(6-4-15)26-12-17(24)11-22)16-7-9-21(10-8-16)20(25,13-23)14-27-21;1-21(2,15-3-7-17(8-4-15)22-11-19-13-24-19)16-5-9-18(10-6-16)23-12-20-14-25-20;1-15(2,11-3-7-13(16)8-4-11)12-5-9-14(17)10-6-12;4-1-3-2-5-3/h3-6,16-17,24-25H,7-14H2,1-2H3;3-10,19-20H,11-14H2,1-2H3;3-10,16-17H,1-2H3;3H,1-2H2. The predicted octanol–water partition coefficient (Wildman–Crippen LogP) is 11.5. The Morgan fingerprint density at radius 3 is 1.23 bits per heavy atom. The summed E-state index contributed by atoms with van der Waals surface area (Å²) in [5.41, 5.74) is 4.48. The zero-order valence-corrected chi connectivity index (χ0v) is 45.9. The van der Waals surface area contributed by atoms with E-state index in [4.69, 9.17) is 68.0 Å². The van der Waals surface area contributed by atoms with Gasteiger partial charge in [0, 0.05) is 10.8 Å². The summed E-state index contributed by atoms with van der Waals surface area (Å²) in [6.07, 6.45) is 4.02. The third-order valence-electron chi connectivity index (χ3n) is 15.3. The maximum absolute atomic E-state index is 10.6. The Bertz CT molecular complexity index is 2350. The highest BCUT2D eigenvalue weighted by atomic mass is 35.5. The second-order valence-corrected chi connectivity index (χ2v) is 22.5. The highest BCUT2D eigenvalue weighted by Crippen LogP contribution is 2.53. The van der Waals surface area contributed by atoms with Gasteiger partial charge < -0.3 is 53.6 Å². The summed E-state index contributed by atoms with van der Waals surface area (Å²) in [6, 6.07) is 39.2. The molecule has 5 unspecified atom stereocenters. The Hall–Kier alpha value is -4.27. The van der Waals surface area contributed by atoms with Crippen LogP contribution in [0.1, 0.15) is 95.0 Å². The van der Waals surface area contributed by atoms with Crippen LogP contribution in [0.5, 0.6) is 28.7 Å². The molecule has 4 N–H and O–H groups in total. The number of hydrogen-bond donors (Lipinski definition) is 4. The van der Waals surface area contributed by atoms with Crippen LogP contribution < -0.4 is 14.2 Å². The maximum Gasteiger partial charge on any atom is 0.130 e. The van der Waals surface area contributed by atoms with Crippen LogP contribution in [0, 0.1) is 5.92 Å². The molecule has 0 amide bonds. The van der Waals surface area contributed by atoms with Gasteiger partial charge in [-0.1, -0.05) is 102 Å². The number of aliphatic hydroxyl groups is 2. The maximum atomic E-state index is 10.6. The second kappa shape index (κ2) is 25.3. The van der Waals surface area contributed by atoms with Crippen molar-refractivity contribution in [2.24, 2.45) is 5.92 Å². The van der Waals surface area contributed by atoms with E-state index in [2.05, 4.69) is 77.9 Å². The van der Waals surface area contributed by atoms with Crippen molar-refractivity contribution in [2.75, 3.05) is 63.9 Å². The third kappa shape index (κ3) is 15.2. The SMILES string of the molecule is CC(C)(c1ccc(O)cc1)c1ccc(O)cc1.CC(C)(c1ccc(OCC(O)CCl)cc1)C1CCC2(CC1)OCC2(O)CCl.CC(C)(c1ccc(OCC2CO2)cc1)c1ccc(OCC2CO2)cc1.ClCC1CO1. The number of halogens is 3. The van der Waals surface area contributed by atoms with Crippen LogP contribution in [-0.2, 0) is 35.2 Å². The molecule has 14 heteroatoms. The fourth-order valence-electron chi connectivity index (χ4n) is 9.36. The van der Waals surface area contributed by atoms with Gasteiger partial charge in [0.2, 0.25) is 0 Å². The molecule has 4 heterocycles. The van der Waals surface area contributed by atoms with Crippen LogP contribution in [0.3, 0.4) is 0 Å². The number of rotatable bonds is 18. The molecule has 5 aromatic rings. The average Bonchev–Trinajstić information content (AvgIpc) is 4.26. The molecule has 10 rings (SSSR count). The summed E-state index contributed by atoms with van der Waals surface area (Å²) < 4.78 is 37.9. The van der Waals surface area contributed by atoms with Gasteiger partial charge in [0.1, 0.15) is 78.1 Å². The van der Waals surface area contributed by atoms with Gasteiger partial charge in [-0.3, -0.25) is 0 Å². The number of aromatic hydroxyl groups is 2. The van der Waals surface area contributed by atoms with Gasteiger partial charge >= 0.3 is 0 Å². The molecular formula is C60H75Cl3O11. The quantitative estimate of drug-likeness (QED) is 0.0489. The molecule has 4 saturated heterocycles. The number of phenolic OH excluding ortho intramolecular Hbond substituents is 2. The lowest BCUT2D eigenvalue weighted by atomic mass is 9.60. The van der Waals surface area contributed by atoms with Crippen LogP contribution in [0.25, 0.3) is 0 Å². The molecule has 5 fully saturated rings.